The molecule has 0 bridgehead atoms. The summed E-state index contributed by atoms with van der Waals surface area (Å²) in [5.74, 6) is 1.54. The number of benzene rings is 1. The second kappa shape index (κ2) is 8.36. The van der Waals surface area contributed by atoms with Gasteiger partial charge in [0.1, 0.15) is 18.3 Å². The van der Waals surface area contributed by atoms with Crippen molar-refractivity contribution < 1.29 is 14.1 Å². The van der Waals surface area contributed by atoms with Gasteiger partial charge >= 0.3 is 0 Å². The molecule has 0 aliphatic heterocycles. The summed E-state index contributed by atoms with van der Waals surface area (Å²) in [5.41, 5.74) is 1.72. The van der Waals surface area contributed by atoms with Crippen molar-refractivity contribution in [1.82, 2.24) is 25.0 Å². The first-order valence-electron chi connectivity index (χ1n) is 9.71. The zero-order valence-corrected chi connectivity index (χ0v) is 17.1. The summed E-state index contributed by atoms with van der Waals surface area (Å²) in [6, 6.07) is 11.0. The number of nitrogens with one attached hydrogen (secondary N) is 1. The first-order valence-corrected chi connectivity index (χ1v) is 9.71. The number of amides is 1. The molecule has 1 atom stereocenters. The van der Waals surface area contributed by atoms with Crippen LogP contribution in [0.5, 0.6) is 5.75 Å². The molecule has 0 fully saturated rings. The summed E-state index contributed by atoms with van der Waals surface area (Å²) in [7, 11) is 1.63. The molecule has 8 heteroatoms. The average molecular weight is 405 g/mol. The fraction of sp³-hybridized carbons (Fsp3) is 0.273. The molecule has 0 saturated heterocycles. The predicted octanol–water partition coefficient (Wildman–Crippen LogP) is 3.61. The number of hydrogen-bond donors (Lipinski definition) is 1. The molecule has 8 nitrogen and oxygen atoms in total. The number of fused-ring (bicyclic) bond motifs is 1. The smallest absolute Gasteiger partial charge is 0.249 e. The summed E-state index contributed by atoms with van der Waals surface area (Å²) < 4.78 is 12.6. The van der Waals surface area contributed by atoms with Crippen molar-refractivity contribution in [3.8, 4) is 17.1 Å². The SMILES string of the molecule is COc1ccc2c(ccn2CC(=O)NC(c2nc(-c3cccnc3)no2)C(C)C)c1. The average Bonchev–Trinajstić information content (AvgIpc) is 3.39. The van der Waals surface area contributed by atoms with E-state index >= 15 is 0 Å². The Labute approximate surface area is 173 Å². The maximum atomic E-state index is 12.8. The third-order valence-electron chi connectivity index (χ3n) is 4.90. The van der Waals surface area contributed by atoms with E-state index in [9.17, 15) is 4.79 Å². The lowest BCUT2D eigenvalue weighted by Gasteiger charge is -2.19. The zero-order chi connectivity index (χ0) is 21.1. The molecule has 154 valence electrons. The standard InChI is InChI=1S/C22H23N5O3/c1-14(2)20(22-25-21(26-30-22)16-5-4-9-23-12-16)24-19(28)13-27-10-8-15-11-17(29-3)6-7-18(15)27/h4-12,14,20H,13H2,1-3H3,(H,24,28). The van der Waals surface area contributed by atoms with Crippen LogP contribution in [-0.4, -0.2) is 32.7 Å². The van der Waals surface area contributed by atoms with Crippen LogP contribution >= 0.6 is 0 Å². The van der Waals surface area contributed by atoms with E-state index < -0.39 is 6.04 Å². The van der Waals surface area contributed by atoms with Gasteiger partial charge in [0.2, 0.25) is 17.6 Å². The van der Waals surface area contributed by atoms with Crippen LogP contribution in [0.3, 0.4) is 0 Å². The first-order chi connectivity index (χ1) is 14.5. The summed E-state index contributed by atoms with van der Waals surface area (Å²) in [6.45, 7) is 4.18. The Hall–Kier alpha value is -3.68. The molecule has 3 aromatic heterocycles. The minimum atomic E-state index is -0.391. The summed E-state index contributed by atoms with van der Waals surface area (Å²) in [4.78, 5) is 21.3. The molecule has 0 saturated carbocycles. The van der Waals surface area contributed by atoms with Gasteiger partial charge in [-0.25, -0.2) is 0 Å². The molecular formula is C22H23N5O3. The highest BCUT2D eigenvalue weighted by atomic mass is 16.5. The Morgan fingerprint density at radius 2 is 2.13 bits per heavy atom. The number of hydrogen-bond acceptors (Lipinski definition) is 6. The van der Waals surface area contributed by atoms with E-state index in [4.69, 9.17) is 9.26 Å². The molecule has 30 heavy (non-hydrogen) atoms. The summed E-state index contributed by atoms with van der Waals surface area (Å²) in [6.07, 6.45) is 5.24. The minimum Gasteiger partial charge on any atom is -0.497 e. The highest BCUT2D eigenvalue weighted by Gasteiger charge is 2.25. The number of aromatic nitrogens is 4. The molecule has 3 heterocycles. The Balaban J connectivity index is 1.50. The van der Waals surface area contributed by atoms with Gasteiger partial charge in [0.05, 0.1) is 7.11 Å². The molecule has 1 amide bonds. The fourth-order valence-electron chi connectivity index (χ4n) is 3.30. The predicted molar refractivity (Wildman–Crippen MR) is 112 cm³/mol. The largest absolute Gasteiger partial charge is 0.497 e. The molecule has 0 aliphatic carbocycles. The van der Waals surface area contributed by atoms with Crippen LogP contribution in [0.1, 0.15) is 25.8 Å². The monoisotopic (exact) mass is 405 g/mol. The molecule has 1 aromatic carbocycles. The zero-order valence-electron chi connectivity index (χ0n) is 17.1. The number of pyridine rings is 1. The van der Waals surface area contributed by atoms with Crippen LogP contribution < -0.4 is 10.1 Å². The van der Waals surface area contributed by atoms with Crippen molar-refractivity contribution in [2.45, 2.75) is 26.4 Å². The first kappa shape index (κ1) is 19.6. The third kappa shape index (κ3) is 4.03. The van der Waals surface area contributed by atoms with Crippen LogP contribution in [0, 0.1) is 5.92 Å². The van der Waals surface area contributed by atoms with E-state index in [-0.39, 0.29) is 18.4 Å². The Bertz CT molecular complexity index is 1150. The van der Waals surface area contributed by atoms with Gasteiger partial charge in [-0.2, -0.15) is 4.98 Å². The van der Waals surface area contributed by atoms with E-state index in [1.165, 1.54) is 0 Å². The van der Waals surface area contributed by atoms with Gasteiger partial charge in [0.25, 0.3) is 0 Å². The van der Waals surface area contributed by atoms with Gasteiger partial charge in [-0.15, -0.1) is 0 Å². The van der Waals surface area contributed by atoms with Crippen LogP contribution in [0.4, 0.5) is 0 Å². The van der Waals surface area contributed by atoms with Crippen molar-refractivity contribution in [1.29, 1.82) is 0 Å². The molecular weight excluding hydrogens is 382 g/mol. The third-order valence-corrected chi connectivity index (χ3v) is 4.90. The van der Waals surface area contributed by atoms with Crippen molar-refractivity contribution in [2.75, 3.05) is 7.11 Å². The highest BCUT2D eigenvalue weighted by Crippen LogP contribution is 2.24. The maximum absolute atomic E-state index is 12.8. The number of carbonyl (C=O) groups is 1. The molecule has 0 aliphatic rings. The lowest BCUT2D eigenvalue weighted by molar-refractivity contribution is -0.122. The topological polar surface area (TPSA) is 95.1 Å². The van der Waals surface area contributed by atoms with E-state index in [2.05, 4.69) is 20.4 Å². The van der Waals surface area contributed by atoms with E-state index in [1.54, 1.807) is 19.5 Å². The molecule has 0 radical (unpaired) electrons. The van der Waals surface area contributed by atoms with Gasteiger partial charge in [-0.05, 0) is 42.3 Å². The summed E-state index contributed by atoms with van der Waals surface area (Å²) >= 11 is 0. The number of nitrogens with zero attached hydrogens (tertiary/aromatic N) is 4. The van der Waals surface area contributed by atoms with E-state index in [0.29, 0.717) is 11.7 Å². The van der Waals surface area contributed by atoms with Gasteiger partial charge in [-0.3, -0.25) is 9.78 Å². The molecule has 1 N–H and O–H groups in total. The number of ether oxygens (including phenoxy) is 1. The Morgan fingerprint density at radius 3 is 2.87 bits per heavy atom. The van der Waals surface area contributed by atoms with Crippen molar-refractivity contribution in [3.63, 3.8) is 0 Å². The van der Waals surface area contributed by atoms with Gasteiger partial charge in [0, 0.05) is 35.1 Å². The highest BCUT2D eigenvalue weighted by molar-refractivity contribution is 5.84. The van der Waals surface area contributed by atoms with Gasteiger partial charge in [-0.1, -0.05) is 19.0 Å². The minimum absolute atomic E-state index is 0.0711. The maximum Gasteiger partial charge on any atom is 0.249 e. The molecule has 0 spiro atoms. The van der Waals surface area contributed by atoms with Crippen molar-refractivity contribution in [3.05, 3.63) is 60.9 Å². The second-order valence-electron chi connectivity index (χ2n) is 7.36. The van der Waals surface area contributed by atoms with Crippen LogP contribution in [-0.2, 0) is 11.3 Å². The number of carbonyl (C=O) groups excluding carboxylic acids is 1. The summed E-state index contributed by atoms with van der Waals surface area (Å²) in [5, 5.41) is 8.08. The lowest BCUT2D eigenvalue weighted by atomic mass is 10.0. The van der Waals surface area contributed by atoms with Crippen LogP contribution in [0.15, 0.2) is 59.5 Å². The lowest BCUT2D eigenvalue weighted by Crippen LogP contribution is -2.34. The van der Waals surface area contributed by atoms with Crippen molar-refractivity contribution in [2.24, 2.45) is 5.92 Å². The van der Waals surface area contributed by atoms with Crippen LogP contribution in [0.25, 0.3) is 22.3 Å². The fourth-order valence-corrected chi connectivity index (χ4v) is 3.30. The van der Waals surface area contributed by atoms with E-state index in [1.807, 2.05) is 61.0 Å². The molecule has 1 unspecified atom stereocenters. The van der Waals surface area contributed by atoms with Gasteiger partial charge in [0.15, 0.2) is 0 Å². The van der Waals surface area contributed by atoms with Crippen molar-refractivity contribution >= 4 is 16.8 Å². The second-order valence-corrected chi connectivity index (χ2v) is 7.36. The Kier molecular flexibility index (Phi) is 5.47. The van der Waals surface area contributed by atoms with E-state index in [0.717, 1.165) is 22.2 Å². The quantitative estimate of drug-likeness (QED) is 0.505. The molecule has 4 aromatic rings. The number of methoxy groups -OCH3 is 1. The molecule has 4 rings (SSSR count). The van der Waals surface area contributed by atoms with Crippen LogP contribution in [0.2, 0.25) is 0 Å². The Morgan fingerprint density at radius 1 is 1.27 bits per heavy atom. The normalized spacial score (nSPS) is 12.3. The van der Waals surface area contributed by atoms with Gasteiger partial charge < -0.3 is 19.1 Å². The number of rotatable bonds is 7.